The minimum Gasteiger partial charge on any atom is -0.287 e. The Morgan fingerprint density at radius 3 is 2.35 bits per heavy atom. The maximum absolute atomic E-state index is 12.9. The number of halogens is 1. The van der Waals surface area contributed by atoms with Crippen molar-refractivity contribution in [1.82, 2.24) is 9.13 Å². The van der Waals surface area contributed by atoms with E-state index in [0.29, 0.717) is 17.3 Å². The predicted octanol–water partition coefficient (Wildman–Crippen LogP) is 4.61. The van der Waals surface area contributed by atoms with E-state index in [-0.39, 0.29) is 5.69 Å². The second-order valence-corrected chi connectivity index (χ2v) is 6.36. The van der Waals surface area contributed by atoms with E-state index in [1.807, 2.05) is 44.2 Å². The highest BCUT2D eigenvalue weighted by molar-refractivity contribution is 6.31. The molecule has 0 bridgehead atoms. The molecule has 23 heavy (non-hydrogen) atoms. The van der Waals surface area contributed by atoms with Crippen molar-refractivity contribution >= 4 is 28.3 Å². The summed E-state index contributed by atoms with van der Waals surface area (Å²) in [6.07, 6.45) is 0. The number of hydrogen-bond acceptors (Lipinski definition) is 1. The first-order chi connectivity index (χ1) is 10.9. The van der Waals surface area contributed by atoms with E-state index >= 15 is 0 Å². The number of aromatic nitrogens is 2. The number of hydrogen-bond donors (Lipinski definition) is 0. The topological polar surface area (TPSA) is 26.9 Å². The molecule has 3 aromatic rings. The van der Waals surface area contributed by atoms with Crippen LogP contribution < -0.4 is 5.69 Å². The molecule has 0 atom stereocenters. The van der Waals surface area contributed by atoms with Crippen LogP contribution in [0.2, 0.25) is 5.02 Å². The highest BCUT2D eigenvalue weighted by Gasteiger charge is 2.16. The Morgan fingerprint density at radius 1 is 1.13 bits per heavy atom. The van der Waals surface area contributed by atoms with Crippen molar-refractivity contribution in [2.45, 2.75) is 27.3 Å². The summed E-state index contributed by atoms with van der Waals surface area (Å²) < 4.78 is 3.43. The van der Waals surface area contributed by atoms with Gasteiger partial charge >= 0.3 is 5.69 Å². The minimum absolute atomic E-state index is 0.0857. The molecule has 0 radical (unpaired) electrons. The van der Waals surface area contributed by atoms with Gasteiger partial charge in [-0.25, -0.2) is 4.79 Å². The van der Waals surface area contributed by atoms with Gasteiger partial charge < -0.3 is 0 Å². The molecule has 0 aliphatic rings. The third-order valence-corrected chi connectivity index (χ3v) is 4.58. The SMILES string of the molecule is C=C(C)n1c(=O)n(Cc2ccccc2Cl)c2cc(C)c(C)cc21. The van der Waals surface area contributed by atoms with Crippen molar-refractivity contribution in [2.24, 2.45) is 0 Å². The molecule has 3 rings (SSSR count). The Bertz CT molecular complexity index is 979. The standard InChI is InChI=1S/C19H19ClN2O/c1-12(2)22-18-10-14(4)13(3)9-17(18)21(19(22)23)11-15-7-5-6-8-16(15)20/h5-10H,1,11H2,2-4H3. The van der Waals surface area contributed by atoms with Crippen LogP contribution in [-0.2, 0) is 6.54 Å². The molecule has 1 aromatic heterocycles. The Labute approximate surface area is 140 Å². The van der Waals surface area contributed by atoms with Crippen molar-refractivity contribution in [3.8, 4) is 0 Å². The summed E-state index contributed by atoms with van der Waals surface area (Å²) in [7, 11) is 0. The second-order valence-electron chi connectivity index (χ2n) is 5.96. The normalized spacial score (nSPS) is 11.1. The van der Waals surface area contributed by atoms with E-state index in [0.717, 1.165) is 27.7 Å². The maximum atomic E-state index is 12.9. The summed E-state index contributed by atoms with van der Waals surface area (Å²) in [5, 5.41) is 0.666. The quantitative estimate of drug-likeness (QED) is 0.690. The summed E-state index contributed by atoms with van der Waals surface area (Å²) in [4.78, 5) is 12.9. The molecular formula is C19H19ClN2O. The molecular weight excluding hydrogens is 308 g/mol. The van der Waals surface area contributed by atoms with Crippen LogP contribution in [0.4, 0.5) is 0 Å². The van der Waals surface area contributed by atoms with Crippen molar-refractivity contribution < 1.29 is 0 Å². The molecule has 0 aliphatic carbocycles. The van der Waals surface area contributed by atoms with E-state index in [1.54, 1.807) is 9.13 Å². The van der Waals surface area contributed by atoms with E-state index in [9.17, 15) is 4.79 Å². The molecule has 0 saturated heterocycles. The van der Waals surface area contributed by atoms with Crippen LogP contribution >= 0.6 is 11.6 Å². The maximum Gasteiger partial charge on any atom is 0.333 e. The number of imidazole rings is 1. The lowest BCUT2D eigenvalue weighted by molar-refractivity contribution is 0.766. The Kier molecular flexibility index (Phi) is 3.90. The van der Waals surface area contributed by atoms with E-state index in [2.05, 4.69) is 19.6 Å². The van der Waals surface area contributed by atoms with Gasteiger partial charge in [-0.05, 0) is 55.7 Å². The lowest BCUT2D eigenvalue weighted by Gasteiger charge is -2.07. The molecule has 0 amide bonds. The number of fused-ring (bicyclic) bond motifs is 1. The first kappa shape index (κ1) is 15.6. The number of nitrogens with zero attached hydrogens (tertiary/aromatic N) is 2. The molecule has 0 unspecified atom stereocenters. The fourth-order valence-electron chi connectivity index (χ4n) is 2.83. The third kappa shape index (κ3) is 2.62. The van der Waals surface area contributed by atoms with Gasteiger partial charge in [0, 0.05) is 10.7 Å². The summed E-state index contributed by atoms with van der Waals surface area (Å²) in [6, 6.07) is 11.7. The molecule has 2 aromatic carbocycles. The lowest BCUT2D eigenvalue weighted by atomic mass is 10.1. The van der Waals surface area contributed by atoms with Gasteiger partial charge in [-0.15, -0.1) is 0 Å². The van der Waals surface area contributed by atoms with E-state index in [1.165, 1.54) is 0 Å². The van der Waals surface area contributed by atoms with Crippen LogP contribution in [0.15, 0.2) is 47.8 Å². The fourth-order valence-corrected chi connectivity index (χ4v) is 3.02. The van der Waals surface area contributed by atoms with E-state index < -0.39 is 0 Å². The van der Waals surface area contributed by atoms with Crippen LogP contribution in [-0.4, -0.2) is 9.13 Å². The first-order valence-corrected chi connectivity index (χ1v) is 7.89. The van der Waals surface area contributed by atoms with Gasteiger partial charge in [0.05, 0.1) is 17.6 Å². The van der Waals surface area contributed by atoms with Gasteiger partial charge in [0.2, 0.25) is 0 Å². The number of allylic oxidation sites excluding steroid dienone is 1. The van der Waals surface area contributed by atoms with Crippen molar-refractivity contribution in [3.63, 3.8) is 0 Å². The molecule has 4 heteroatoms. The Morgan fingerprint density at radius 2 is 1.74 bits per heavy atom. The van der Waals surface area contributed by atoms with Crippen LogP contribution in [0.25, 0.3) is 16.7 Å². The van der Waals surface area contributed by atoms with Crippen LogP contribution in [0.5, 0.6) is 0 Å². The lowest BCUT2D eigenvalue weighted by Crippen LogP contribution is -2.23. The van der Waals surface area contributed by atoms with Crippen molar-refractivity contribution in [1.29, 1.82) is 0 Å². The monoisotopic (exact) mass is 326 g/mol. The molecule has 0 aliphatic heterocycles. The number of rotatable bonds is 3. The predicted molar refractivity (Wildman–Crippen MR) is 97.2 cm³/mol. The first-order valence-electron chi connectivity index (χ1n) is 7.52. The summed E-state index contributed by atoms with van der Waals surface area (Å²) in [6.45, 7) is 10.3. The zero-order valence-electron chi connectivity index (χ0n) is 13.6. The summed E-state index contributed by atoms with van der Waals surface area (Å²) in [5.74, 6) is 0. The van der Waals surface area contributed by atoms with Crippen molar-refractivity contribution in [2.75, 3.05) is 0 Å². The molecule has 3 nitrogen and oxygen atoms in total. The Balaban J connectivity index is 2.30. The Hall–Kier alpha value is -2.26. The molecule has 1 heterocycles. The largest absolute Gasteiger partial charge is 0.333 e. The molecule has 0 spiro atoms. The number of aryl methyl sites for hydroxylation is 2. The second kappa shape index (κ2) is 5.74. The summed E-state index contributed by atoms with van der Waals surface area (Å²) >= 11 is 6.26. The van der Waals surface area contributed by atoms with Crippen LogP contribution in [0, 0.1) is 13.8 Å². The fraction of sp³-hybridized carbons (Fsp3) is 0.211. The average Bonchev–Trinajstić information content (AvgIpc) is 2.74. The smallest absolute Gasteiger partial charge is 0.287 e. The van der Waals surface area contributed by atoms with Gasteiger partial charge in [0.1, 0.15) is 0 Å². The molecule has 0 fully saturated rings. The number of benzene rings is 2. The molecule has 0 saturated carbocycles. The van der Waals surface area contributed by atoms with Crippen LogP contribution in [0.1, 0.15) is 23.6 Å². The van der Waals surface area contributed by atoms with Crippen molar-refractivity contribution in [3.05, 3.63) is 75.2 Å². The van der Waals surface area contributed by atoms with Gasteiger partial charge in [-0.1, -0.05) is 36.4 Å². The molecule has 0 N–H and O–H groups in total. The summed E-state index contributed by atoms with van der Waals surface area (Å²) in [5.41, 5.74) is 5.65. The molecule has 118 valence electrons. The highest BCUT2D eigenvalue weighted by atomic mass is 35.5. The minimum atomic E-state index is -0.0857. The van der Waals surface area contributed by atoms with Gasteiger partial charge in [0.15, 0.2) is 0 Å². The van der Waals surface area contributed by atoms with Crippen LogP contribution in [0.3, 0.4) is 0 Å². The van der Waals surface area contributed by atoms with Gasteiger partial charge in [-0.3, -0.25) is 9.13 Å². The highest BCUT2D eigenvalue weighted by Crippen LogP contribution is 2.23. The third-order valence-electron chi connectivity index (χ3n) is 4.21. The van der Waals surface area contributed by atoms with Gasteiger partial charge in [-0.2, -0.15) is 0 Å². The zero-order valence-corrected chi connectivity index (χ0v) is 14.3. The van der Waals surface area contributed by atoms with E-state index in [4.69, 9.17) is 11.6 Å². The average molecular weight is 327 g/mol. The van der Waals surface area contributed by atoms with Gasteiger partial charge in [0.25, 0.3) is 0 Å². The zero-order chi connectivity index (χ0) is 16.7.